The minimum atomic E-state index is -0.147. The first-order valence-corrected chi connectivity index (χ1v) is 7.90. The highest BCUT2D eigenvalue weighted by Crippen LogP contribution is 2.01. The minimum absolute atomic E-state index is 0.147. The Kier molecular flexibility index (Phi) is 13.1. The van der Waals surface area contributed by atoms with Gasteiger partial charge in [0.15, 0.2) is 0 Å². The van der Waals surface area contributed by atoms with Gasteiger partial charge < -0.3 is 20.1 Å². The molecule has 0 saturated heterocycles. The fraction of sp³-hybridized carbons (Fsp3) is 0.750. The van der Waals surface area contributed by atoms with Crippen molar-refractivity contribution in [1.82, 2.24) is 10.6 Å². The summed E-state index contributed by atoms with van der Waals surface area (Å²) in [6.07, 6.45) is 6.66. The quantitative estimate of drug-likeness (QED) is 0.378. The molecule has 0 aromatic rings. The lowest BCUT2D eigenvalue weighted by atomic mass is 10.2. The Morgan fingerprint density at radius 3 is 1.55 bits per heavy atom. The number of methoxy groups -OCH3 is 2. The standard InChI is InChI=1S/C16H30N2O4/c1-14(17-12-8-4-6-10-15(19)21-2)18-13-9-5-7-11-16(20)22-3/h17-18H,1,4-13H2,2-3H3. The molecule has 0 aromatic carbocycles. The molecule has 0 aliphatic carbocycles. The Labute approximate surface area is 133 Å². The van der Waals surface area contributed by atoms with Gasteiger partial charge in [0.1, 0.15) is 0 Å². The van der Waals surface area contributed by atoms with Crippen molar-refractivity contribution in [1.29, 1.82) is 0 Å². The van der Waals surface area contributed by atoms with Crippen molar-refractivity contribution in [2.75, 3.05) is 27.3 Å². The minimum Gasteiger partial charge on any atom is -0.469 e. The van der Waals surface area contributed by atoms with Gasteiger partial charge >= 0.3 is 11.9 Å². The van der Waals surface area contributed by atoms with Gasteiger partial charge in [0.25, 0.3) is 0 Å². The van der Waals surface area contributed by atoms with E-state index in [9.17, 15) is 9.59 Å². The van der Waals surface area contributed by atoms with E-state index in [1.165, 1.54) is 14.2 Å². The molecule has 2 N–H and O–H groups in total. The Morgan fingerprint density at radius 1 is 0.773 bits per heavy atom. The van der Waals surface area contributed by atoms with E-state index in [1.54, 1.807) is 0 Å². The number of esters is 2. The van der Waals surface area contributed by atoms with Crippen molar-refractivity contribution in [3.8, 4) is 0 Å². The van der Waals surface area contributed by atoms with Crippen LogP contribution in [0.2, 0.25) is 0 Å². The molecule has 0 atom stereocenters. The van der Waals surface area contributed by atoms with Crippen molar-refractivity contribution < 1.29 is 19.1 Å². The summed E-state index contributed by atoms with van der Waals surface area (Å²) in [5, 5.41) is 6.41. The lowest BCUT2D eigenvalue weighted by molar-refractivity contribution is -0.141. The summed E-state index contributed by atoms with van der Waals surface area (Å²) in [5.41, 5.74) is 0. The number of ether oxygens (including phenoxy) is 2. The van der Waals surface area contributed by atoms with E-state index in [4.69, 9.17) is 0 Å². The SMILES string of the molecule is C=C(NCCCCCC(=O)OC)NCCCCCC(=O)OC. The highest BCUT2D eigenvalue weighted by molar-refractivity contribution is 5.69. The van der Waals surface area contributed by atoms with Gasteiger partial charge in [-0.1, -0.05) is 19.4 Å². The second-order valence-electron chi connectivity index (χ2n) is 5.11. The zero-order chi connectivity index (χ0) is 16.6. The molecular formula is C16H30N2O4. The Morgan fingerprint density at radius 2 is 1.18 bits per heavy atom. The van der Waals surface area contributed by atoms with Gasteiger partial charge in [0.2, 0.25) is 0 Å². The summed E-state index contributed by atoms with van der Waals surface area (Å²) in [7, 11) is 2.82. The lowest BCUT2D eigenvalue weighted by Crippen LogP contribution is -2.27. The van der Waals surface area contributed by atoms with Gasteiger partial charge in [-0.05, 0) is 25.7 Å². The molecule has 6 heteroatoms. The van der Waals surface area contributed by atoms with Crippen LogP contribution in [0.1, 0.15) is 51.4 Å². The fourth-order valence-electron chi connectivity index (χ4n) is 1.89. The molecule has 6 nitrogen and oxygen atoms in total. The maximum atomic E-state index is 10.9. The first-order chi connectivity index (χ1) is 10.6. The van der Waals surface area contributed by atoms with Crippen LogP contribution in [-0.4, -0.2) is 39.2 Å². The molecule has 0 radical (unpaired) electrons. The van der Waals surface area contributed by atoms with E-state index in [0.717, 1.165) is 57.4 Å². The first-order valence-electron chi connectivity index (χ1n) is 7.90. The topological polar surface area (TPSA) is 76.7 Å². The summed E-state index contributed by atoms with van der Waals surface area (Å²) in [6, 6.07) is 0. The van der Waals surface area contributed by atoms with Crippen molar-refractivity contribution in [2.24, 2.45) is 0 Å². The van der Waals surface area contributed by atoms with Gasteiger partial charge in [0.05, 0.1) is 20.0 Å². The molecule has 128 valence electrons. The second-order valence-corrected chi connectivity index (χ2v) is 5.11. The molecule has 0 fully saturated rings. The van der Waals surface area contributed by atoms with Gasteiger partial charge in [-0.3, -0.25) is 9.59 Å². The van der Waals surface area contributed by atoms with Crippen molar-refractivity contribution in [2.45, 2.75) is 51.4 Å². The third kappa shape index (κ3) is 13.3. The zero-order valence-corrected chi connectivity index (χ0v) is 13.9. The summed E-state index contributed by atoms with van der Waals surface area (Å²) in [4.78, 5) is 21.8. The van der Waals surface area contributed by atoms with E-state index in [0.29, 0.717) is 12.8 Å². The fourth-order valence-corrected chi connectivity index (χ4v) is 1.89. The average Bonchev–Trinajstić information content (AvgIpc) is 2.53. The third-order valence-corrected chi connectivity index (χ3v) is 3.25. The number of hydrogen-bond acceptors (Lipinski definition) is 6. The Balaban J connectivity index is 3.29. The Hall–Kier alpha value is -1.72. The van der Waals surface area contributed by atoms with Gasteiger partial charge in [-0.25, -0.2) is 0 Å². The highest BCUT2D eigenvalue weighted by atomic mass is 16.5. The number of rotatable bonds is 14. The third-order valence-electron chi connectivity index (χ3n) is 3.25. The Bertz CT molecular complexity index is 302. The lowest BCUT2D eigenvalue weighted by Gasteiger charge is -2.11. The van der Waals surface area contributed by atoms with Crippen molar-refractivity contribution in [3.05, 3.63) is 12.4 Å². The summed E-state index contributed by atoms with van der Waals surface area (Å²) in [6.45, 7) is 5.59. The van der Waals surface area contributed by atoms with Gasteiger partial charge in [-0.15, -0.1) is 0 Å². The highest BCUT2D eigenvalue weighted by Gasteiger charge is 2.00. The molecule has 0 aromatic heterocycles. The molecule has 0 spiro atoms. The van der Waals surface area contributed by atoms with E-state index < -0.39 is 0 Å². The maximum Gasteiger partial charge on any atom is 0.305 e. The molecule has 0 heterocycles. The second kappa shape index (κ2) is 14.2. The first kappa shape index (κ1) is 20.3. The van der Waals surface area contributed by atoms with E-state index >= 15 is 0 Å². The van der Waals surface area contributed by atoms with Crippen LogP contribution in [0.5, 0.6) is 0 Å². The van der Waals surface area contributed by atoms with E-state index in [-0.39, 0.29) is 11.9 Å². The molecule has 0 aliphatic rings. The van der Waals surface area contributed by atoms with Crippen molar-refractivity contribution in [3.63, 3.8) is 0 Å². The van der Waals surface area contributed by atoms with Crippen LogP contribution < -0.4 is 10.6 Å². The normalized spacial score (nSPS) is 9.91. The molecule has 0 bridgehead atoms. The predicted molar refractivity (Wildman–Crippen MR) is 86.1 cm³/mol. The number of hydrogen-bond donors (Lipinski definition) is 2. The monoisotopic (exact) mass is 314 g/mol. The van der Waals surface area contributed by atoms with Crippen LogP contribution in [-0.2, 0) is 19.1 Å². The van der Waals surface area contributed by atoms with Crippen LogP contribution in [0, 0.1) is 0 Å². The maximum absolute atomic E-state index is 10.9. The van der Waals surface area contributed by atoms with Crippen LogP contribution >= 0.6 is 0 Å². The number of unbranched alkanes of at least 4 members (excludes halogenated alkanes) is 4. The van der Waals surface area contributed by atoms with E-state index in [2.05, 4.69) is 26.7 Å². The molecule has 0 saturated carbocycles. The smallest absolute Gasteiger partial charge is 0.305 e. The molecule has 22 heavy (non-hydrogen) atoms. The molecule has 0 amide bonds. The largest absolute Gasteiger partial charge is 0.469 e. The predicted octanol–water partition coefficient (Wildman–Crippen LogP) is 2.10. The van der Waals surface area contributed by atoms with E-state index in [1.807, 2.05) is 0 Å². The summed E-state index contributed by atoms with van der Waals surface area (Å²) in [5.74, 6) is 0.526. The van der Waals surface area contributed by atoms with Crippen molar-refractivity contribution >= 4 is 11.9 Å². The van der Waals surface area contributed by atoms with Gasteiger partial charge in [-0.2, -0.15) is 0 Å². The zero-order valence-electron chi connectivity index (χ0n) is 13.9. The molecule has 0 aliphatic heterocycles. The number of nitrogens with one attached hydrogen (secondary N) is 2. The van der Waals surface area contributed by atoms with Gasteiger partial charge in [0, 0.05) is 25.9 Å². The van der Waals surface area contributed by atoms with Crippen LogP contribution in [0.15, 0.2) is 12.4 Å². The number of carbonyl (C=O) groups excluding carboxylic acids is 2. The van der Waals surface area contributed by atoms with Crippen LogP contribution in [0.4, 0.5) is 0 Å². The molecule has 0 rings (SSSR count). The molecule has 0 unspecified atom stereocenters. The summed E-state index contributed by atoms with van der Waals surface area (Å²) < 4.78 is 9.16. The van der Waals surface area contributed by atoms with Crippen LogP contribution in [0.3, 0.4) is 0 Å². The number of carbonyl (C=O) groups is 2. The summed E-state index contributed by atoms with van der Waals surface area (Å²) >= 11 is 0. The van der Waals surface area contributed by atoms with Crippen LogP contribution in [0.25, 0.3) is 0 Å². The molecular weight excluding hydrogens is 284 g/mol. The average molecular weight is 314 g/mol.